The molecule has 1 amide bonds. The van der Waals surface area contributed by atoms with Gasteiger partial charge in [0.15, 0.2) is 0 Å². The summed E-state index contributed by atoms with van der Waals surface area (Å²) < 4.78 is 10.1. The minimum atomic E-state index is -0.250. The fraction of sp³-hybridized carbons (Fsp3) is 0.562. The van der Waals surface area contributed by atoms with Crippen LogP contribution < -0.4 is 4.74 Å². The third-order valence-electron chi connectivity index (χ3n) is 3.79. The number of aromatic nitrogens is 1. The van der Waals surface area contributed by atoms with Gasteiger partial charge in [-0.05, 0) is 32.3 Å². The second-order valence-electron chi connectivity index (χ2n) is 5.24. The van der Waals surface area contributed by atoms with Gasteiger partial charge in [0.2, 0.25) is 5.88 Å². The Morgan fingerprint density at radius 3 is 2.95 bits per heavy atom. The molecule has 0 aromatic carbocycles. The molecule has 120 valence electrons. The van der Waals surface area contributed by atoms with Crippen molar-refractivity contribution in [3.8, 4) is 5.88 Å². The number of rotatable bonds is 5. The van der Waals surface area contributed by atoms with Crippen LogP contribution >= 0.6 is 0 Å². The van der Waals surface area contributed by atoms with Crippen LogP contribution in [0.4, 0.5) is 0 Å². The Morgan fingerprint density at radius 1 is 1.41 bits per heavy atom. The second-order valence-corrected chi connectivity index (χ2v) is 5.24. The number of esters is 1. The molecule has 1 aromatic heterocycles. The maximum absolute atomic E-state index is 12.7. The van der Waals surface area contributed by atoms with E-state index in [4.69, 9.17) is 9.47 Å². The van der Waals surface area contributed by atoms with Gasteiger partial charge in [-0.15, -0.1) is 0 Å². The number of ether oxygens (including phenoxy) is 2. The van der Waals surface area contributed by atoms with Crippen molar-refractivity contribution in [1.29, 1.82) is 0 Å². The largest absolute Gasteiger partial charge is 0.481 e. The van der Waals surface area contributed by atoms with E-state index in [9.17, 15) is 9.59 Å². The van der Waals surface area contributed by atoms with E-state index >= 15 is 0 Å². The number of piperidine rings is 1. The first kappa shape index (κ1) is 16.3. The number of pyridine rings is 1. The molecule has 0 spiro atoms. The Labute approximate surface area is 130 Å². The Bertz CT molecular complexity index is 533. The number of nitrogens with zero attached hydrogens (tertiary/aromatic N) is 2. The molecule has 2 heterocycles. The zero-order valence-corrected chi connectivity index (χ0v) is 13.1. The van der Waals surface area contributed by atoms with Crippen LogP contribution in [-0.2, 0) is 9.53 Å². The fourth-order valence-electron chi connectivity index (χ4n) is 2.71. The number of hydrogen-bond acceptors (Lipinski definition) is 5. The van der Waals surface area contributed by atoms with E-state index in [0.29, 0.717) is 24.6 Å². The summed E-state index contributed by atoms with van der Waals surface area (Å²) in [6, 6.07) is 3.19. The van der Waals surface area contributed by atoms with E-state index < -0.39 is 0 Å². The maximum atomic E-state index is 12.7. The van der Waals surface area contributed by atoms with Crippen LogP contribution in [0.1, 0.15) is 43.0 Å². The predicted molar refractivity (Wildman–Crippen MR) is 80.7 cm³/mol. The van der Waals surface area contributed by atoms with Gasteiger partial charge in [-0.2, -0.15) is 0 Å². The molecule has 2 rings (SSSR count). The molecule has 1 fully saturated rings. The Kier molecular flexibility index (Phi) is 5.75. The van der Waals surface area contributed by atoms with Gasteiger partial charge in [-0.25, -0.2) is 4.98 Å². The smallest absolute Gasteiger partial charge is 0.307 e. The first-order chi connectivity index (χ1) is 10.7. The van der Waals surface area contributed by atoms with E-state index in [1.807, 2.05) is 0 Å². The number of carbonyl (C=O) groups excluding carboxylic acids is 2. The van der Waals surface area contributed by atoms with Crippen LogP contribution in [0.25, 0.3) is 0 Å². The number of methoxy groups -OCH3 is 1. The van der Waals surface area contributed by atoms with Gasteiger partial charge in [-0.1, -0.05) is 0 Å². The van der Waals surface area contributed by atoms with Crippen molar-refractivity contribution in [2.45, 2.75) is 38.6 Å². The van der Waals surface area contributed by atoms with E-state index in [2.05, 4.69) is 4.98 Å². The average molecular weight is 306 g/mol. The van der Waals surface area contributed by atoms with E-state index in [1.165, 1.54) is 7.11 Å². The van der Waals surface area contributed by atoms with Crippen molar-refractivity contribution in [2.75, 3.05) is 20.3 Å². The van der Waals surface area contributed by atoms with E-state index in [-0.39, 0.29) is 24.3 Å². The van der Waals surface area contributed by atoms with Gasteiger partial charge in [-0.3, -0.25) is 9.59 Å². The van der Waals surface area contributed by atoms with Crippen molar-refractivity contribution < 1.29 is 19.1 Å². The summed E-state index contributed by atoms with van der Waals surface area (Å²) in [5.41, 5.74) is 0.530. The van der Waals surface area contributed by atoms with Gasteiger partial charge in [0.05, 0.1) is 20.1 Å². The third kappa shape index (κ3) is 3.96. The topological polar surface area (TPSA) is 68.7 Å². The highest BCUT2D eigenvalue weighted by Crippen LogP contribution is 2.23. The average Bonchev–Trinajstić information content (AvgIpc) is 2.55. The number of hydrogen-bond donors (Lipinski definition) is 0. The van der Waals surface area contributed by atoms with Crippen molar-refractivity contribution in [2.24, 2.45) is 0 Å². The zero-order valence-electron chi connectivity index (χ0n) is 13.1. The number of carbonyl (C=O) groups is 2. The third-order valence-corrected chi connectivity index (χ3v) is 3.79. The number of amides is 1. The molecule has 6 heteroatoms. The lowest BCUT2D eigenvalue weighted by atomic mass is 9.98. The maximum Gasteiger partial charge on any atom is 0.307 e. The van der Waals surface area contributed by atoms with Crippen molar-refractivity contribution >= 4 is 11.9 Å². The fourth-order valence-corrected chi connectivity index (χ4v) is 2.71. The molecule has 1 aliphatic rings. The molecular formula is C16H22N2O4. The quantitative estimate of drug-likeness (QED) is 0.779. The monoisotopic (exact) mass is 306 g/mol. The summed E-state index contributed by atoms with van der Waals surface area (Å²) in [5.74, 6) is 0.0685. The Hall–Kier alpha value is -2.11. The molecule has 0 saturated carbocycles. The second kappa shape index (κ2) is 7.77. The lowest BCUT2D eigenvalue weighted by molar-refractivity contribution is -0.144. The van der Waals surface area contributed by atoms with Crippen LogP contribution in [0.15, 0.2) is 18.3 Å². The highest BCUT2D eigenvalue weighted by Gasteiger charge is 2.29. The van der Waals surface area contributed by atoms with Crippen LogP contribution in [0.2, 0.25) is 0 Å². The lowest BCUT2D eigenvalue weighted by Crippen LogP contribution is -2.45. The molecule has 6 nitrogen and oxygen atoms in total. The normalized spacial score (nSPS) is 17.9. The highest BCUT2D eigenvalue weighted by molar-refractivity contribution is 5.95. The number of likely N-dealkylation sites (tertiary alicyclic amines) is 1. The molecule has 0 bridgehead atoms. The SMILES string of the molecule is CCOC(=O)C[C@@H]1CCCCN1C(=O)c1ccnc(OC)c1. The molecule has 0 unspecified atom stereocenters. The summed E-state index contributed by atoms with van der Waals surface area (Å²) in [4.78, 5) is 30.2. The van der Waals surface area contributed by atoms with Gasteiger partial charge in [0.25, 0.3) is 5.91 Å². The molecule has 22 heavy (non-hydrogen) atoms. The first-order valence-electron chi connectivity index (χ1n) is 7.62. The summed E-state index contributed by atoms with van der Waals surface area (Å²) in [5, 5.41) is 0. The minimum Gasteiger partial charge on any atom is -0.481 e. The van der Waals surface area contributed by atoms with Crippen molar-refractivity contribution in [3.63, 3.8) is 0 Å². The van der Waals surface area contributed by atoms with Gasteiger partial charge in [0, 0.05) is 30.4 Å². The van der Waals surface area contributed by atoms with E-state index in [0.717, 1.165) is 19.3 Å². The molecule has 1 aromatic rings. The standard InChI is InChI=1S/C16H22N2O4/c1-3-22-15(19)11-13-6-4-5-9-18(13)16(20)12-7-8-17-14(10-12)21-2/h7-8,10,13H,3-6,9,11H2,1-2H3/t13-/m0/s1. The zero-order chi connectivity index (χ0) is 15.9. The summed E-state index contributed by atoms with van der Waals surface area (Å²) in [7, 11) is 1.51. The Balaban J connectivity index is 2.12. The molecule has 1 atom stereocenters. The highest BCUT2D eigenvalue weighted by atomic mass is 16.5. The van der Waals surface area contributed by atoms with Crippen molar-refractivity contribution in [3.05, 3.63) is 23.9 Å². The van der Waals surface area contributed by atoms with Gasteiger partial charge < -0.3 is 14.4 Å². The van der Waals surface area contributed by atoms with Crippen LogP contribution in [0.3, 0.4) is 0 Å². The molecule has 1 saturated heterocycles. The first-order valence-corrected chi connectivity index (χ1v) is 7.62. The molecule has 1 aliphatic heterocycles. The van der Waals surface area contributed by atoms with Crippen LogP contribution in [-0.4, -0.2) is 48.1 Å². The van der Waals surface area contributed by atoms with Crippen LogP contribution in [0.5, 0.6) is 5.88 Å². The van der Waals surface area contributed by atoms with Crippen molar-refractivity contribution in [1.82, 2.24) is 9.88 Å². The molecule has 0 N–H and O–H groups in total. The Morgan fingerprint density at radius 2 is 2.23 bits per heavy atom. The van der Waals surface area contributed by atoms with Crippen LogP contribution in [0, 0.1) is 0 Å². The molecule has 0 radical (unpaired) electrons. The minimum absolute atomic E-state index is 0.0882. The molecule has 0 aliphatic carbocycles. The summed E-state index contributed by atoms with van der Waals surface area (Å²) in [6.45, 7) is 2.81. The summed E-state index contributed by atoms with van der Waals surface area (Å²) in [6.07, 6.45) is 4.60. The summed E-state index contributed by atoms with van der Waals surface area (Å²) >= 11 is 0. The van der Waals surface area contributed by atoms with Gasteiger partial charge >= 0.3 is 5.97 Å². The van der Waals surface area contributed by atoms with E-state index in [1.54, 1.807) is 30.2 Å². The molecular weight excluding hydrogens is 284 g/mol. The lowest BCUT2D eigenvalue weighted by Gasteiger charge is -2.35. The van der Waals surface area contributed by atoms with Gasteiger partial charge in [0.1, 0.15) is 0 Å². The predicted octanol–water partition coefficient (Wildman–Crippen LogP) is 2.04.